The normalized spacial score (nSPS) is 15.5. The molecule has 2 heterocycles. The van der Waals surface area contributed by atoms with Crippen molar-refractivity contribution in [2.24, 2.45) is 0 Å². The Balaban J connectivity index is 1.57. The zero-order valence-electron chi connectivity index (χ0n) is 16.0. The molecule has 27 heavy (non-hydrogen) atoms. The van der Waals surface area contributed by atoms with Gasteiger partial charge in [-0.2, -0.15) is 0 Å². The molecule has 0 unspecified atom stereocenters. The highest BCUT2D eigenvalue weighted by molar-refractivity contribution is 7.99. The van der Waals surface area contributed by atoms with Crippen molar-refractivity contribution in [2.75, 3.05) is 12.3 Å². The highest BCUT2D eigenvalue weighted by Crippen LogP contribution is 2.27. The lowest BCUT2D eigenvalue weighted by Gasteiger charge is -2.33. The Morgan fingerprint density at radius 3 is 2.78 bits per heavy atom. The van der Waals surface area contributed by atoms with Crippen molar-refractivity contribution in [3.63, 3.8) is 0 Å². The minimum Gasteiger partial charge on any atom is -0.339 e. The number of aryl methyl sites for hydroxylation is 1. The molecule has 0 radical (unpaired) electrons. The summed E-state index contributed by atoms with van der Waals surface area (Å²) >= 11 is 1.49. The van der Waals surface area contributed by atoms with Gasteiger partial charge in [-0.15, -0.1) is 10.2 Å². The van der Waals surface area contributed by atoms with Gasteiger partial charge in [0, 0.05) is 18.0 Å². The van der Waals surface area contributed by atoms with Gasteiger partial charge in [0.25, 0.3) is 0 Å². The van der Waals surface area contributed by atoms with Crippen molar-refractivity contribution in [2.45, 2.75) is 57.1 Å². The van der Waals surface area contributed by atoms with Crippen LogP contribution in [0.25, 0.3) is 16.6 Å². The molecule has 1 aliphatic carbocycles. The molecule has 1 aromatic carbocycles. The first kappa shape index (κ1) is 18.3. The summed E-state index contributed by atoms with van der Waals surface area (Å²) in [5, 5.41) is 10.7. The number of aromatic nitrogens is 3. The van der Waals surface area contributed by atoms with E-state index in [4.69, 9.17) is 0 Å². The molecule has 4 rings (SSSR count). The van der Waals surface area contributed by atoms with E-state index in [2.05, 4.69) is 51.5 Å². The quantitative estimate of drug-likeness (QED) is 0.611. The summed E-state index contributed by atoms with van der Waals surface area (Å²) in [6, 6.07) is 10.8. The maximum atomic E-state index is 12.9. The topological polar surface area (TPSA) is 50.5 Å². The third kappa shape index (κ3) is 3.55. The Bertz CT molecular complexity index is 961. The van der Waals surface area contributed by atoms with Gasteiger partial charge in [-0.3, -0.25) is 9.20 Å². The number of nitrogens with zero attached hydrogens (tertiary/aromatic N) is 4. The van der Waals surface area contributed by atoms with Gasteiger partial charge in [-0.1, -0.05) is 49.2 Å². The van der Waals surface area contributed by atoms with Crippen molar-refractivity contribution in [1.29, 1.82) is 0 Å². The second kappa shape index (κ2) is 7.89. The molecule has 5 nitrogen and oxygen atoms in total. The smallest absolute Gasteiger partial charge is 0.233 e. The molecule has 2 aromatic heterocycles. The van der Waals surface area contributed by atoms with Gasteiger partial charge in [0.15, 0.2) is 10.8 Å². The number of hydrogen-bond acceptors (Lipinski definition) is 4. The zero-order chi connectivity index (χ0) is 18.8. The molecular weight excluding hydrogens is 356 g/mol. The first-order chi connectivity index (χ1) is 13.2. The SMILES string of the molecule is CCN(C(=O)CSc1nnc2cc(C)c3ccccc3n12)C1CCCCC1. The fraction of sp³-hybridized carbons (Fsp3) is 0.476. The van der Waals surface area contributed by atoms with Crippen LogP contribution in [0.15, 0.2) is 35.5 Å². The van der Waals surface area contributed by atoms with Gasteiger partial charge in [-0.05, 0) is 44.4 Å². The van der Waals surface area contributed by atoms with Crippen LogP contribution in [-0.4, -0.2) is 43.7 Å². The van der Waals surface area contributed by atoms with Crippen LogP contribution < -0.4 is 0 Å². The molecule has 1 aliphatic rings. The molecular formula is C21H26N4OS. The minimum absolute atomic E-state index is 0.211. The molecule has 0 bridgehead atoms. The van der Waals surface area contributed by atoms with Crippen LogP contribution >= 0.6 is 11.8 Å². The lowest BCUT2D eigenvalue weighted by Crippen LogP contribution is -2.42. The van der Waals surface area contributed by atoms with Gasteiger partial charge in [0.2, 0.25) is 5.91 Å². The number of benzene rings is 1. The van der Waals surface area contributed by atoms with E-state index in [1.54, 1.807) is 0 Å². The molecule has 1 fully saturated rings. The predicted molar refractivity (Wildman–Crippen MR) is 110 cm³/mol. The number of fused-ring (bicyclic) bond motifs is 3. The van der Waals surface area contributed by atoms with Gasteiger partial charge < -0.3 is 4.90 Å². The number of pyridine rings is 1. The molecule has 142 valence electrons. The number of carbonyl (C=O) groups is 1. The highest BCUT2D eigenvalue weighted by Gasteiger charge is 2.24. The van der Waals surface area contributed by atoms with Crippen molar-refractivity contribution in [3.8, 4) is 0 Å². The number of carbonyl (C=O) groups excluding carboxylic acids is 1. The van der Waals surface area contributed by atoms with Gasteiger partial charge in [0.1, 0.15) is 0 Å². The van der Waals surface area contributed by atoms with Crippen LogP contribution in [0.4, 0.5) is 0 Å². The monoisotopic (exact) mass is 382 g/mol. The predicted octanol–water partition coefficient (Wildman–Crippen LogP) is 4.46. The summed E-state index contributed by atoms with van der Waals surface area (Å²) in [6.45, 7) is 4.96. The Hall–Kier alpha value is -2.08. The maximum absolute atomic E-state index is 12.9. The Kier molecular flexibility index (Phi) is 5.34. The molecule has 0 spiro atoms. The average Bonchev–Trinajstić information content (AvgIpc) is 3.11. The van der Waals surface area contributed by atoms with E-state index in [1.807, 2.05) is 12.1 Å². The van der Waals surface area contributed by atoms with Gasteiger partial charge in [0.05, 0.1) is 11.3 Å². The summed E-state index contributed by atoms with van der Waals surface area (Å²) in [7, 11) is 0. The number of amides is 1. The van der Waals surface area contributed by atoms with Crippen molar-refractivity contribution in [1.82, 2.24) is 19.5 Å². The second-order valence-electron chi connectivity index (χ2n) is 7.28. The fourth-order valence-corrected chi connectivity index (χ4v) is 5.05. The van der Waals surface area contributed by atoms with Crippen LogP contribution in [0.3, 0.4) is 0 Å². The van der Waals surface area contributed by atoms with E-state index in [-0.39, 0.29) is 5.91 Å². The first-order valence-electron chi connectivity index (χ1n) is 9.84. The van der Waals surface area contributed by atoms with Gasteiger partial charge >= 0.3 is 0 Å². The third-order valence-electron chi connectivity index (χ3n) is 5.58. The van der Waals surface area contributed by atoms with E-state index in [0.29, 0.717) is 11.8 Å². The molecule has 0 saturated heterocycles. The van der Waals surface area contributed by atoms with Crippen LogP contribution in [-0.2, 0) is 4.79 Å². The van der Waals surface area contributed by atoms with Crippen molar-refractivity contribution >= 4 is 34.2 Å². The number of thioether (sulfide) groups is 1. The van der Waals surface area contributed by atoms with Crippen LogP contribution in [0.2, 0.25) is 0 Å². The third-order valence-corrected chi connectivity index (χ3v) is 6.49. The molecule has 1 saturated carbocycles. The van der Waals surface area contributed by atoms with Gasteiger partial charge in [-0.25, -0.2) is 0 Å². The molecule has 0 atom stereocenters. The van der Waals surface area contributed by atoms with Crippen LogP contribution in [0.1, 0.15) is 44.6 Å². The van der Waals surface area contributed by atoms with Crippen molar-refractivity contribution < 1.29 is 4.79 Å². The summed E-state index contributed by atoms with van der Waals surface area (Å²) < 4.78 is 2.07. The molecule has 1 amide bonds. The lowest BCUT2D eigenvalue weighted by atomic mass is 9.94. The van der Waals surface area contributed by atoms with Crippen molar-refractivity contribution in [3.05, 3.63) is 35.9 Å². The molecule has 0 aliphatic heterocycles. The number of rotatable bonds is 5. The molecule has 3 aromatic rings. The standard InChI is InChI=1S/C21H26N4OS/c1-3-24(16-9-5-4-6-10-16)20(26)14-27-21-23-22-19-13-15(2)17-11-7-8-12-18(17)25(19)21/h7-8,11-13,16H,3-6,9-10,14H2,1-2H3. The summed E-state index contributed by atoms with van der Waals surface area (Å²) in [5.74, 6) is 0.621. The highest BCUT2D eigenvalue weighted by atomic mass is 32.2. The Morgan fingerprint density at radius 1 is 1.22 bits per heavy atom. The largest absolute Gasteiger partial charge is 0.339 e. The van der Waals surface area contributed by atoms with E-state index in [9.17, 15) is 4.79 Å². The van der Waals surface area contributed by atoms with E-state index in [0.717, 1.165) is 35.7 Å². The summed E-state index contributed by atoms with van der Waals surface area (Å²) in [4.78, 5) is 14.9. The summed E-state index contributed by atoms with van der Waals surface area (Å²) in [5.41, 5.74) is 3.11. The van der Waals surface area contributed by atoms with E-state index in [1.165, 1.54) is 42.0 Å². The van der Waals surface area contributed by atoms with Crippen LogP contribution in [0, 0.1) is 6.92 Å². The Morgan fingerprint density at radius 2 is 2.00 bits per heavy atom. The van der Waals surface area contributed by atoms with Crippen LogP contribution in [0.5, 0.6) is 0 Å². The minimum atomic E-state index is 0.211. The zero-order valence-corrected chi connectivity index (χ0v) is 16.8. The number of hydrogen-bond donors (Lipinski definition) is 0. The fourth-order valence-electron chi connectivity index (χ4n) is 4.21. The van der Waals surface area contributed by atoms with E-state index < -0.39 is 0 Å². The Labute approximate surface area is 164 Å². The second-order valence-corrected chi connectivity index (χ2v) is 8.22. The average molecular weight is 383 g/mol. The number of para-hydroxylation sites is 1. The molecule has 0 N–H and O–H groups in total. The molecule has 6 heteroatoms. The lowest BCUT2D eigenvalue weighted by molar-refractivity contribution is -0.131. The van der Waals surface area contributed by atoms with E-state index >= 15 is 0 Å². The summed E-state index contributed by atoms with van der Waals surface area (Å²) in [6.07, 6.45) is 6.06. The maximum Gasteiger partial charge on any atom is 0.233 e. The first-order valence-corrected chi connectivity index (χ1v) is 10.8.